The average molecular weight is 607 g/mol. The monoisotopic (exact) mass is 607 g/mol. The van der Waals surface area contributed by atoms with E-state index in [4.69, 9.17) is 0 Å². The SMILES string of the molecule is CCCCCCCCCCCCCCCCCCC.CCCCCCCCCCCCCCCCCCCCCCCC. The molecule has 0 aliphatic rings. The van der Waals surface area contributed by atoms with Gasteiger partial charge in [-0.3, -0.25) is 0 Å². The van der Waals surface area contributed by atoms with Crippen LogP contribution in [0.2, 0.25) is 0 Å². The van der Waals surface area contributed by atoms with Crippen LogP contribution in [0.15, 0.2) is 0 Å². The smallest absolute Gasteiger partial charge is 0.0533 e. The summed E-state index contributed by atoms with van der Waals surface area (Å²) in [6, 6.07) is 0. The molecule has 0 spiro atoms. The van der Waals surface area contributed by atoms with Crippen molar-refractivity contribution < 1.29 is 0 Å². The summed E-state index contributed by atoms with van der Waals surface area (Å²) in [5.74, 6) is 0. The fourth-order valence-electron chi connectivity index (χ4n) is 6.48. The van der Waals surface area contributed by atoms with Gasteiger partial charge in [0.1, 0.15) is 0 Å². The molecule has 0 N–H and O–H groups in total. The molecule has 0 saturated heterocycles. The largest absolute Gasteiger partial charge is 0.0654 e. The number of unbranched alkanes of at least 4 members (excludes halogenated alkanes) is 37. The van der Waals surface area contributed by atoms with Crippen LogP contribution < -0.4 is 0 Å². The molecule has 0 heterocycles. The minimum absolute atomic E-state index is 1.37. The summed E-state index contributed by atoms with van der Waals surface area (Å²) in [6.07, 6.45) is 57.3. The van der Waals surface area contributed by atoms with Crippen molar-refractivity contribution in [1.29, 1.82) is 0 Å². The standard InChI is InChI=1S/C24H50.C19H40/c1-3-5-7-9-11-13-15-17-19-21-23-24-22-20-18-16-14-12-10-8-6-4-2;1-3-5-7-9-11-13-15-17-19-18-16-14-12-10-8-6-4-2/h3-24H2,1-2H3;3-19H2,1-2H3. The molecule has 0 aromatic heterocycles. The second-order valence-corrected chi connectivity index (χ2v) is 14.4. The Bertz CT molecular complexity index is 374. The molecule has 0 aliphatic heterocycles. The van der Waals surface area contributed by atoms with E-state index < -0.39 is 0 Å². The van der Waals surface area contributed by atoms with Gasteiger partial charge in [-0.25, -0.2) is 0 Å². The fraction of sp³-hybridized carbons (Fsp3) is 1.00. The Balaban J connectivity index is 0. The van der Waals surface area contributed by atoms with E-state index in [2.05, 4.69) is 27.7 Å². The van der Waals surface area contributed by atoms with Crippen molar-refractivity contribution in [2.45, 2.75) is 278 Å². The van der Waals surface area contributed by atoms with Gasteiger partial charge in [-0.15, -0.1) is 0 Å². The molecule has 0 nitrogen and oxygen atoms in total. The molecule has 0 bridgehead atoms. The lowest BCUT2D eigenvalue weighted by Gasteiger charge is -2.04. The zero-order valence-electron chi connectivity index (χ0n) is 31.6. The number of hydrogen-bond donors (Lipinski definition) is 0. The Morgan fingerprint density at radius 2 is 0.186 bits per heavy atom. The highest BCUT2D eigenvalue weighted by atomic mass is 14.0. The molecule has 0 aromatic carbocycles. The lowest BCUT2D eigenvalue weighted by atomic mass is 10.0. The first-order valence-electron chi connectivity index (χ1n) is 21.3. The average Bonchev–Trinajstić information content (AvgIpc) is 3.02. The van der Waals surface area contributed by atoms with E-state index in [0.717, 1.165) is 0 Å². The van der Waals surface area contributed by atoms with Crippen LogP contribution in [0.4, 0.5) is 0 Å². The van der Waals surface area contributed by atoms with Gasteiger partial charge in [-0.05, 0) is 0 Å². The van der Waals surface area contributed by atoms with Gasteiger partial charge in [0.2, 0.25) is 0 Å². The van der Waals surface area contributed by atoms with Crippen molar-refractivity contribution in [3.63, 3.8) is 0 Å². The molecule has 0 saturated carbocycles. The highest BCUT2D eigenvalue weighted by Crippen LogP contribution is 2.16. The second kappa shape index (κ2) is 46.4. The molecule has 0 aromatic rings. The predicted octanol–water partition coefficient (Wildman–Crippen LogP) is 17.3. The predicted molar refractivity (Wildman–Crippen MR) is 203 cm³/mol. The first kappa shape index (κ1) is 45.1. The lowest BCUT2D eigenvalue weighted by Crippen LogP contribution is -1.84. The van der Waals surface area contributed by atoms with Gasteiger partial charge in [0.15, 0.2) is 0 Å². The van der Waals surface area contributed by atoms with Crippen molar-refractivity contribution in [3.05, 3.63) is 0 Å². The Morgan fingerprint density at radius 1 is 0.116 bits per heavy atom. The topological polar surface area (TPSA) is 0 Å². The molecule has 0 atom stereocenters. The molecule has 43 heavy (non-hydrogen) atoms. The molecule has 0 heteroatoms. The Hall–Kier alpha value is 0. The molecule has 0 fully saturated rings. The minimum Gasteiger partial charge on any atom is -0.0654 e. The van der Waals surface area contributed by atoms with Gasteiger partial charge in [0.05, 0.1) is 0 Å². The van der Waals surface area contributed by atoms with Crippen molar-refractivity contribution in [1.82, 2.24) is 0 Å². The van der Waals surface area contributed by atoms with E-state index in [9.17, 15) is 0 Å². The van der Waals surface area contributed by atoms with Gasteiger partial charge < -0.3 is 0 Å². The number of rotatable bonds is 37. The summed E-state index contributed by atoms with van der Waals surface area (Å²) >= 11 is 0. The normalized spacial score (nSPS) is 11.2. The van der Waals surface area contributed by atoms with E-state index >= 15 is 0 Å². The first-order valence-corrected chi connectivity index (χ1v) is 21.3. The fourth-order valence-corrected chi connectivity index (χ4v) is 6.48. The zero-order valence-corrected chi connectivity index (χ0v) is 31.6. The van der Waals surface area contributed by atoms with Gasteiger partial charge in [-0.2, -0.15) is 0 Å². The van der Waals surface area contributed by atoms with Crippen LogP contribution in [0, 0.1) is 0 Å². The highest BCUT2D eigenvalue weighted by Gasteiger charge is 1.96. The van der Waals surface area contributed by atoms with Crippen LogP contribution in [0.5, 0.6) is 0 Å². The molecule has 262 valence electrons. The summed E-state index contributed by atoms with van der Waals surface area (Å²) in [4.78, 5) is 0. The van der Waals surface area contributed by atoms with Crippen LogP contribution >= 0.6 is 0 Å². The summed E-state index contributed by atoms with van der Waals surface area (Å²) in [5, 5.41) is 0. The molecular weight excluding hydrogens is 516 g/mol. The van der Waals surface area contributed by atoms with Gasteiger partial charge in [0.25, 0.3) is 0 Å². The molecule has 0 amide bonds. The highest BCUT2D eigenvalue weighted by molar-refractivity contribution is 4.52. The summed E-state index contributed by atoms with van der Waals surface area (Å²) in [5.41, 5.74) is 0. The maximum Gasteiger partial charge on any atom is -0.0533 e. The maximum atomic E-state index is 2.30. The van der Waals surface area contributed by atoms with Gasteiger partial charge in [0, 0.05) is 0 Å². The molecule has 0 aliphatic carbocycles. The van der Waals surface area contributed by atoms with Crippen LogP contribution in [-0.2, 0) is 0 Å². The van der Waals surface area contributed by atoms with Crippen LogP contribution in [0.3, 0.4) is 0 Å². The van der Waals surface area contributed by atoms with E-state index in [0.29, 0.717) is 0 Å². The van der Waals surface area contributed by atoms with Crippen LogP contribution in [-0.4, -0.2) is 0 Å². The zero-order chi connectivity index (χ0) is 31.6. The van der Waals surface area contributed by atoms with E-state index in [1.165, 1.54) is 250 Å². The first-order chi connectivity index (χ1) is 21.3. The third-order valence-corrected chi connectivity index (χ3v) is 9.66. The lowest BCUT2D eigenvalue weighted by molar-refractivity contribution is 0.520. The minimum atomic E-state index is 1.37. The van der Waals surface area contributed by atoms with Crippen LogP contribution in [0.1, 0.15) is 278 Å². The summed E-state index contributed by atoms with van der Waals surface area (Å²) < 4.78 is 0. The third-order valence-electron chi connectivity index (χ3n) is 9.66. The van der Waals surface area contributed by atoms with Crippen molar-refractivity contribution >= 4 is 0 Å². The molecular formula is C43H90. The Morgan fingerprint density at radius 3 is 0.256 bits per heavy atom. The third kappa shape index (κ3) is 49.1. The van der Waals surface area contributed by atoms with Crippen molar-refractivity contribution in [2.75, 3.05) is 0 Å². The van der Waals surface area contributed by atoms with Crippen molar-refractivity contribution in [3.8, 4) is 0 Å². The van der Waals surface area contributed by atoms with E-state index in [1.807, 2.05) is 0 Å². The molecule has 0 rings (SSSR count). The maximum absolute atomic E-state index is 2.30. The van der Waals surface area contributed by atoms with E-state index in [-0.39, 0.29) is 0 Å². The number of hydrogen-bond acceptors (Lipinski definition) is 0. The van der Waals surface area contributed by atoms with E-state index in [1.54, 1.807) is 0 Å². The van der Waals surface area contributed by atoms with Gasteiger partial charge >= 0.3 is 0 Å². The summed E-state index contributed by atoms with van der Waals surface area (Å²) in [7, 11) is 0. The molecule has 0 radical (unpaired) electrons. The quantitative estimate of drug-likeness (QED) is 0.0617. The van der Waals surface area contributed by atoms with Crippen molar-refractivity contribution in [2.24, 2.45) is 0 Å². The Labute approximate surface area is 277 Å². The second-order valence-electron chi connectivity index (χ2n) is 14.4. The van der Waals surface area contributed by atoms with Crippen LogP contribution in [0.25, 0.3) is 0 Å². The van der Waals surface area contributed by atoms with Gasteiger partial charge in [-0.1, -0.05) is 278 Å². The summed E-state index contributed by atoms with van der Waals surface area (Å²) in [6.45, 7) is 9.19. The Kier molecular flexibility index (Phi) is 48.7. The molecule has 0 unspecified atom stereocenters.